The summed E-state index contributed by atoms with van der Waals surface area (Å²) in [6, 6.07) is 22.5. The number of sulfonamides is 1. The number of amides is 2. The van der Waals surface area contributed by atoms with Gasteiger partial charge in [0, 0.05) is 13.1 Å². The number of carbonyl (C=O) groups is 2. The molecule has 0 saturated carbocycles. The van der Waals surface area contributed by atoms with Gasteiger partial charge < -0.3 is 10.2 Å². The van der Waals surface area contributed by atoms with Crippen molar-refractivity contribution in [2.24, 2.45) is 5.92 Å². The molecule has 0 heterocycles. The van der Waals surface area contributed by atoms with E-state index in [-0.39, 0.29) is 23.3 Å². The van der Waals surface area contributed by atoms with Crippen molar-refractivity contribution in [1.29, 1.82) is 0 Å². The number of benzene rings is 3. The molecule has 0 radical (unpaired) electrons. The lowest BCUT2D eigenvalue weighted by atomic mass is 10.1. The topological polar surface area (TPSA) is 86.8 Å². The minimum atomic E-state index is -4.07. The molecule has 3 aromatic carbocycles. The predicted molar refractivity (Wildman–Crippen MR) is 156 cm³/mol. The normalized spacial score (nSPS) is 12.2. The summed E-state index contributed by atoms with van der Waals surface area (Å²) in [6.07, 6.45) is 0.531. The first-order valence-corrected chi connectivity index (χ1v) is 14.7. The number of hydrogen-bond donors (Lipinski definition) is 1. The van der Waals surface area contributed by atoms with E-state index in [1.807, 2.05) is 70.2 Å². The third kappa shape index (κ3) is 7.93. The van der Waals surface area contributed by atoms with Gasteiger partial charge in [0.1, 0.15) is 12.6 Å². The molecule has 0 saturated heterocycles. The molecule has 208 valence electrons. The van der Waals surface area contributed by atoms with Crippen LogP contribution in [0.15, 0.2) is 83.8 Å². The van der Waals surface area contributed by atoms with Crippen molar-refractivity contribution in [3.8, 4) is 0 Å². The number of nitrogens with zero attached hydrogens (tertiary/aromatic N) is 2. The average molecular weight is 550 g/mol. The molecule has 7 nitrogen and oxygen atoms in total. The third-order valence-electron chi connectivity index (χ3n) is 6.57. The maximum Gasteiger partial charge on any atom is 0.264 e. The van der Waals surface area contributed by atoms with E-state index in [0.717, 1.165) is 21.0 Å². The van der Waals surface area contributed by atoms with Crippen LogP contribution >= 0.6 is 0 Å². The molecule has 39 heavy (non-hydrogen) atoms. The summed E-state index contributed by atoms with van der Waals surface area (Å²) in [4.78, 5) is 28.5. The van der Waals surface area contributed by atoms with Crippen LogP contribution < -0.4 is 9.62 Å². The van der Waals surface area contributed by atoms with Crippen LogP contribution in [-0.4, -0.2) is 50.8 Å². The van der Waals surface area contributed by atoms with Crippen molar-refractivity contribution < 1.29 is 18.0 Å². The van der Waals surface area contributed by atoms with Crippen LogP contribution in [-0.2, 0) is 26.0 Å². The second-order valence-electron chi connectivity index (χ2n) is 10.3. The molecule has 0 aromatic heterocycles. The van der Waals surface area contributed by atoms with Gasteiger partial charge in [0.15, 0.2) is 0 Å². The number of hydrogen-bond acceptors (Lipinski definition) is 4. The minimum absolute atomic E-state index is 0.0938. The number of anilines is 1. The number of aryl methyl sites for hydroxylation is 2. The van der Waals surface area contributed by atoms with Crippen molar-refractivity contribution >= 4 is 27.5 Å². The van der Waals surface area contributed by atoms with Gasteiger partial charge in [0.05, 0.1) is 10.6 Å². The zero-order valence-electron chi connectivity index (χ0n) is 23.4. The molecule has 0 fully saturated rings. The number of nitrogens with one attached hydrogen (secondary N) is 1. The predicted octanol–water partition coefficient (Wildman–Crippen LogP) is 4.73. The maximum atomic E-state index is 13.9. The van der Waals surface area contributed by atoms with Gasteiger partial charge in [-0.1, -0.05) is 80.1 Å². The summed E-state index contributed by atoms with van der Waals surface area (Å²) >= 11 is 0. The highest BCUT2D eigenvalue weighted by Crippen LogP contribution is 2.28. The highest BCUT2D eigenvalue weighted by atomic mass is 32.2. The Bertz CT molecular complexity index is 1360. The van der Waals surface area contributed by atoms with E-state index in [2.05, 4.69) is 5.32 Å². The molecule has 2 amide bonds. The molecule has 0 aliphatic carbocycles. The Morgan fingerprint density at radius 3 is 2.08 bits per heavy atom. The van der Waals surface area contributed by atoms with E-state index in [9.17, 15) is 18.0 Å². The van der Waals surface area contributed by atoms with Crippen molar-refractivity contribution in [3.63, 3.8) is 0 Å². The fraction of sp³-hybridized carbons (Fsp3) is 0.355. The summed E-state index contributed by atoms with van der Waals surface area (Å²) in [6.45, 7) is 9.77. The van der Waals surface area contributed by atoms with Crippen LogP contribution in [0.2, 0.25) is 0 Å². The van der Waals surface area contributed by atoms with Gasteiger partial charge in [-0.25, -0.2) is 8.42 Å². The highest BCUT2D eigenvalue weighted by Gasteiger charge is 2.32. The Morgan fingerprint density at radius 1 is 0.872 bits per heavy atom. The fourth-order valence-electron chi connectivity index (χ4n) is 4.34. The first-order valence-electron chi connectivity index (χ1n) is 13.3. The second kappa shape index (κ2) is 13.4. The van der Waals surface area contributed by atoms with Crippen LogP contribution in [0.5, 0.6) is 0 Å². The van der Waals surface area contributed by atoms with Crippen LogP contribution in [0.3, 0.4) is 0 Å². The molecular formula is C31H39N3O4S. The lowest BCUT2D eigenvalue weighted by molar-refractivity contribution is -0.138. The quantitative estimate of drug-likeness (QED) is 0.354. The molecule has 0 spiro atoms. The summed E-state index contributed by atoms with van der Waals surface area (Å²) in [5.41, 5.74) is 3.17. The highest BCUT2D eigenvalue weighted by molar-refractivity contribution is 7.92. The van der Waals surface area contributed by atoms with Crippen LogP contribution in [0.1, 0.15) is 37.5 Å². The average Bonchev–Trinajstić information content (AvgIpc) is 2.91. The number of rotatable bonds is 12. The zero-order chi connectivity index (χ0) is 28.6. The van der Waals surface area contributed by atoms with Gasteiger partial charge in [-0.15, -0.1) is 0 Å². The first-order chi connectivity index (χ1) is 18.5. The summed E-state index contributed by atoms with van der Waals surface area (Å²) in [7, 11) is -4.07. The Hall–Kier alpha value is -3.65. The third-order valence-corrected chi connectivity index (χ3v) is 8.34. The molecule has 1 atom stereocenters. The van der Waals surface area contributed by atoms with E-state index in [1.165, 1.54) is 17.0 Å². The molecule has 0 aliphatic heterocycles. The van der Waals surface area contributed by atoms with E-state index in [0.29, 0.717) is 18.7 Å². The van der Waals surface area contributed by atoms with Gasteiger partial charge >= 0.3 is 0 Å². The van der Waals surface area contributed by atoms with Gasteiger partial charge in [0.25, 0.3) is 10.0 Å². The lowest BCUT2D eigenvalue weighted by Crippen LogP contribution is -2.52. The van der Waals surface area contributed by atoms with E-state index < -0.39 is 28.5 Å². The molecule has 0 bridgehead atoms. The SMILES string of the molecule is Cc1ccc(N(CC(=O)N(CCc2ccccc2)[C@H](C)C(=O)NCC(C)C)S(=O)(=O)c2ccccc2)c(C)c1. The van der Waals surface area contributed by atoms with Gasteiger partial charge in [-0.2, -0.15) is 0 Å². The Labute approximate surface area is 232 Å². The Kier molecular flexibility index (Phi) is 10.3. The summed E-state index contributed by atoms with van der Waals surface area (Å²) in [5.74, 6) is -0.461. The second-order valence-corrected chi connectivity index (χ2v) is 12.1. The molecular weight excluding hydrogens is 510 g/mol. The largest absolute Gasteiger partial charge is 0.354 e. The maximum absolute atomic E-state index is 13.9. The van der Waals surface area contributed by atoms with Gasteiger partial charge in [0.2, 0.25) is 11.8 Å². The molecule has 8 heteroatoms. The Morgan fingerprint density at radius 2 is 1.49 bits per heavy atom. The van der Waals surface area contributed by atoms with E-state index >= 15 is 0 Å². The lowest BCUT2D eigenvalue weighted by Gasteiger charge is -2.32. The minimum Gasteiger partial charge on any atom is -0.354 e. The Balaban J connectivity index is 1.98. The van der Waals surface area contributed by atoms with Crippen molar-refractivity contribution in [2.75, 3.05) is 23.9 Å². The first kappa shape index (κ1) is 29.9. The van der Waals surface area contributed by atoms with Gasteiger partial charge in [-0.05, 0) is 62.4 Å². The standard InChI is InChI=1S/C31H39N3O4S/c1-23(2)21-32-31(36)26(5)33(19-18-27-12-8-6-9-13-27)30(35)22-34(29-17-16-24(3)20-25(29)4)39(37,38)28-14-10-7-11-15-28/h6-17,20,23,26H,18-19,21-22H2,1-5H3,(H,32,36)/t26-/m1/s1. The number of carbonyl (C=O) groups excluding carboxylic acids is 2. The summed E-state index contributed by atoms with van der Waals surface area (Å²) in [5, 5.41) is 2.91. The van der Waals surface area contributed by atoms with Crippen LogP contribution in [0.25, 0.3) is 0 Å². The van der Waals surface area contributed by atoms with E-state index in [4.69, 9.17) is 0 Å². The molecule has 0 unspecified atom stereocenters. The van der Waals surface area contributed by atoms with Crippen LogP contribution in [0.4, 0.5) is 5.69 Å². The fourth-order valence-corrected chi connectivity index (χ4v) is 5.84. The van der Waals surface area contributed by atoms with Gasteiger partial charge in [-0.3, -0.25) is 13.9 Å². The van der Waals surface area contributed by atoms with Crippen molar-refractivity contribution in [3.05, 3.63) is 95.6 Å². The monoisotopic (exact) mass is 549 g/mol. The van der Waals surface area contributed by atoms with E-state index in [1.54, 1.807) is 31.2 Å². The molecule has 3 rings (SSSR count). The molecule has 1 N–H and O–H groups in total. The van der Waals surface area contributed by atoms with Crippen LogP contribution in [0, 0.1) is 19.8 Å². The van der Waals surface area contributed by atoms with Crippen molar-refractivity contribution in [2.45, 2.75) is 52.0 Å². The molecule has 3 aromatic rings. The summed E-state index contributed by atoms with van der Waals surface area (Å²) < 4.78 is 28.9. The zero-order valence-corrected chi connectivity index (χ0v) is 24.2. The smallest absolute Gasteiger partial charge is 0.264 e. The molecule has 0 aliphatic rings. The van der Waals surface area contributed by atoms with Crippen molar-refractivity contribution in [1.82, 2.24) is 10.2 Å².